The molecule has 0 N–H and O–H groups in total. The van der Waals surface area contributed by atoms with Gasteiger partial charge in [-0.2, -0.15) is 5.26 Å². The number of hydrogen-bond donors (Lipinski definition) is 0. The quantitative estimate of drug-likeness (QED) is 0.747. The van der Waals surface area contributed by atoms with Gasteiger partial charge in [0.2, 0.25) is 0 Å². The fourth-order valence-electron chi connectivity index (χ4n) is 1.42. The second kappa shape index (κ2) is 5.74. The van der Waals surface area contributed by atoms with Crippen LogP contribution in [0.3, 0.4) is 0 Å². The molecule has 0 amide bonds. The van der Waals surface area contributed by atoms with E-state index in [1.165, 1.54) is 0 Å². The van der Waals surface area contributed by atoms with Gasteiger partial charge in [-0.3, -0.25) is 4.90 Å². The molecule has 0 aliphatic rings. The van der Waals surface area contributed by atoms with E-state index in [4.69, 9.17) is 5.26 Å². The van der Waals surface area contributed by atoms with Gasteiger partial charge in [-0.25, -0.2) is 4.98 Å². The van der Waals surface area contributed by atoms with E-state index in [-0.39, 0.29) is 0 Å². The smallest absolute Gasteiger partial charge is 0.0795 e. The van der Waals surface area contributed by atoms with Gasteiger partial charge in [-0.15, -0.1) is 11.3 Å². The van der Waals surface area contributed by atoms with Crippen LogP contribution in [-0.2, 0) is 6.54 Å². The van der Waals surface area contributed by atoms with E-state index < -0.39 is 0 Å². The SMILES string of the molecule is CCC(CC#N)N(C)Cc1cscn1. The second-order valence-electron chi connectivity index (χ2n) is 3.32. The zero-order valence-electron chi connectivity index (χ0n) is 8.60. The Morgan fingerprint density at radius 2 is 2.50 bits per heavy atom. The molecule has 14 heavy (non-hydrogen) atoms. The third-order valence-corrected chi connectivity index (χ3v) is 2.95. The summed E-state index contributed by atoms with van der Waals surface area (Å²) in [6, 6.07) is 2.57. The van der Waals surface area contributed by atoms with Gasteiger partial charge >= 0.3 is 0 Å². The van der Waals surface area contributed by atoms with Crippen LogP contribution < -0.4 is 0 Å². The third kappa shape index (κ3) is 3.09. The Kier molecular flexibility index (Phi) is 4.57. The topological polar surface area (TPSA) is 39.9 Å². The molecule has 0 bridgehead atoms. The van der Waals surface area contributed by atoms with Crippen LogP contribution >= 0.6 is 11.3 Å². The lowest BCUT2D eigenvalue weighted by Crippen LogP contribution is -2.30. The summed E-state index contributed by atoms with van der Waals surface area (Å²) in [6.45, 7) is 2.95. The van der Waals surface area contributed by atoms with Crippen LogP contribution in [0, 0.1) is 11.3 Å². The first-order chi connectivity index (χ1) is 6.77. The van der Waals surface area contributed by atoms with E-state index in [2.05, 4.69) is 28.3 Å². The minimum Gasteiger partial charge on any atom is -0.297 e. The molecule has 4 heteroatoms. The molecule has 0 saturated carbocycles. The third-order valence-electron chi connectivity index (χ3n) is 2.32. The molecule has 1 atom stereocenters. The second-order valence-corrected chi connectivity index (χ2v) is 4.04. The minimum absolute atomic E-state index is 0.349. The lowest BCUT2D eigenvalue weighted by Gasteiger charge is -2.23. The molecular formula is C10H15N3S. The first-order valence-corrected chi connectivity index (χ1v) is 5.66. The van der Waals surface area contributed by atoms with Crippen LogP contribution in [0.25, 0.3) is 0 Å². The van der Waals surface area contributed by atoms with Gasteiger partial charge < -0.3 is 0 Å². The van der Waals surface area contributed by atoms with Crippen molar-refractivity contribution in [1.82, 2.24) is 9.88 Å². The Balaban J connectivity index is 2.48. The van der Waals surface area contributed by atoms with E-state index >= 15 is 0 Å². The summed E-state index contributed by atoms with van der Waals surface area (Å²) in [7, 11) is 2.05. The molecule has 76 valence electrons. The van der Waals surface area contributed by atoms with Crippen LogP contribution in [0.1, 0.15) is 25.5 Å². The number of nitriles is 1. The maximum atomic E-state index is 8.65. The highest BCUT2D eigenvalue weighted by Crippen LogP contribution is 2.11. The van der Waals surface area contributed by atoms with Crippen molar-refractivity contribution < 1.29 is 0 Å². The van der Waals surface area contributed by atoms with Crippen LogP contribution in [0.4, 0.5) is 0 Å². The fourth-order valence-corrected chi connectivity index (χ4v) is 1.97. The summed E-state index contributed by atoms with van der Waals surface area (Å²) in [5, 5.41) is 10.7. The average molecular weight is 209 g/mol. The molecule has 0 radical (unpaired) electrons. The Labute approximate surface area is 89.0 Å². The molecule has 1 heterocycles. The molecule has 0 fully saturated rings. The van der Waals surface area contributed by atoms with Gasteiger partial charge in [0.15, 0.2) is 0 Å². The molecular weight excluding hydrogens is 194 g/mol. The Morgan fingerprint density at radius 3 is 3.00 bits per heavy atom. The number of aromatic nitrogens is 1. The number of nitrogens with zero attached hydrogens (tertiary/aromatic N) is 3. The van der Waals surface area contributed by atoms with Gasteiger partial charge in [-0.05, 0) is 13.5 Å². The number of hydrogen-bond acceptors (Lipinski definition) is 4. The van der Waals surface area contributed by atoms with Gasteiger partial charge in [-0.1, -0.05) is 6.92 Å². The largest absolute Gasteiger partial charge is 0.297 e. The highest BCUT2D eigenvalue weighted by Gasteiger charge is 2.12. The lowest BCUT2D eigenvalue weighted by molar-refractivity contribution is 0.228. The molecule has 1 unspecified atom stereocenters. The number of rotatable bonds is 5. The maximum absolute atomic E-state index is 8.65. The van der Waals surface area contributed by atoms with Gasteiger partial charge in [0, 0.05) is 18.0 Å². The maximum Gasteiger partial charge on any atom is 0.0795 e. The van der Waals surface area contributed by atoms with Gasteiger partial charge in [0.25, 0.3) is 0 Å². The van der Waals surface area contributed by atoms with Crippen LogP contribution in [0.15, 0.2) is 10.9 Å². The monoisotopic (exact) mass is 209 g/mol. The molecule has 3 nitrogen and oxygen atoms in total. The van der Waals surface area contributed by atoms with Crippen molar-refractivity contribution in [2.45, 2.75) is 32.4 Å². The molecule has 0 aliphatic carbocycles. The van der Waals surface area contributed by atoms with Crippen LogP contribution in [0.2, 0.25) is 0 Å². The van der Waals surface area contributed by atoms with Crippen molar-refractivity contribution in [3.05, 3.63) is 16.6 Å². The summed E-state index contributed by atoms with van der Waals surface area (Å²) in [4.78, 5) is 6.42. The van der Waals surface area contributed by atoms with E-state index in [1.54, 1.807) is 11.3 Å². The molecule has 0 saturated heterocycles. The van der Waals surface area contributed by atoms with E-state index in [1.807, 2.05) is 12.6 Å². The fraction of sp³-hybridized carbons (Fsp3) is 0.600. The van der Waals surface area contributed by atoms with Crippen molar-refractivity contribution in [1.29, 1.82) is 5.26 Å². The molecule has 0 aromatic carbocycles. The lowest BCUT2D eigenvalue weighted by atomic mass is 10.1. The van der Waals surface area contributed by atoms with Gasteiger partial charge in [0.05, 0.1) is 23.7 Å². The minimum atomic E-state index is 0.349. The van der Waals surface area contributed by atoms with E-state index in [0.717, 1.165) is 18.7 Å². The summed E-state index contributed by atoms with van der Waals surface area (Å²) >= 11 is 1.61. The summed E-state index contributed by atoms with van der Waals surface area (Å²) in [6.07, 6.45) is 1.60. The number of thiazole rings is 1. The zero-order valence-corrected chi connectivity index (χ0v) is 9.42. The van der Waals surface area contributed by atoms with Crippen molar-refractivity contribution in [3.8, 4) is 6.07 Å². The Hall–Kier alpha value is -0.920. The van der Waals surface area contributed by atoms with Crippen molar-refractivity contribution >= 4 is 11.3 Å². The van der Waals surface area contributed by atoms with Crippen molar-refractivity contribution in [2.24, 2.45) is 0 Å². The zero-order chi connectivity index (χ0) is 10.4. The van der Waals surface area contributed by atoms with E-state index in [0.29, 0.717) is 12.5 Å². The Bertz CT molecular complexity index is 289. The van der Waals surface area contributed by atoms with Gasteiger partial charge in [0.1, 0.15) is 0 Å². The van der Waals surface area contributed by atoms with Crippen molar-refractivity contribution in [2.75, 3.05) is 7.05 Å². The summed E-state index contributed by atoms with van der Waals surface area (Å²) < 4.78 is 0. The van der Waals surface area contributed by atoms with Crippen LogP contribution in [-0.4, -0.2) is 23.0 Å². The normalized spacial score (nSPS) is 12.7. The average Bonchev–Trinajstić information content (AvgIpc) is 2.66. The first kappa shape index (κ1) is 11.2. The highest BCUT2D eigenvalue weighted by atomic mass is 32.1. The van der Waals surface area contributed by atoms with E-state index in [9.17, 15) is 0 Å². The molecule has 0 spiro atoms. The molecule has 1 rings (SSSR count). The highest BCUT2D eigenvalue weighted by molar-refractivity contribution is 7.07. The summed E-state index contributed by atoms with van der Waals surface area (Å²) in [5.74, 6) is 0. The predicted molar refractivity (Wildman–Crippen MR) is 57.9 cm³/mol. The van der Waals surface area contributed by atoms with Crippen molar-refractivity contribution in [3.63, 3.8) is 0 Å². The predicted octanol–water partition coefficient (Wildman–Crippen LogP) is 2.27. The standard InChI is InChI=1S/C10H15N3S/c1-3-10(4-5-11)13(2)6-9-7-14-8-12-9/h7-8,10H,3-4,6H2,1-2H3. The molecule has 1 aromatic rings. The molecule has 1 aromatic heterocycles. The Morgan fingerprint density at radius 1 is 1.71 bits per heavy atom. The summed E-state index contributed by atoms with van der Waals surface area (Å²) in [5.41, 5.74) is 2.93. The van der Waals surface area contributed by atoms with Crippen LogP contribution in [0.5, 0.6) is 0 Å². The molecule has 0 aliphatic heterocycles. The first-order valence-electron chi connectivity index (χ1n) is 4.72.